The highest BCUT2D eigenvalue weighted by atomic mass is 16.3. The first kappa shape index (κ1) is 31.5. The van der Waals surface area contributed by atoms with Crippen LogP contribution in [0.4, 0.5) is 0 Å². The molecule has 0 atom stereocenters. The molecule has 12 rings (SSSR count). The molecule has 7 heteroatoms. The lowest BCUT2D eigenvalue weighted by Crippen LogP contribution is -2.02. The van der Waals surface area contributed by atoms with Gasteiger partial charge in [0.25, 0.3) is 0 Å². The molecule has 7 nitrogen and oxygen atoms in total. The fourth-order valence-corrected chi connectivity index (χ4v) is 8.85. The van der Waals surface area contributed by atoms with E-state index in [9.17, 15) is 0 Å². The molecule has 0 aliphatic rings. The van der Waals surface area contributed by atoms with Gasteiger partial charge in [-0.25, -0.2) is 14.5 Å². The lowest BCUT2D eigenvalue weighted by molar-refractivity contribution is 0.669. The van der Waals surface area contributed by atoms with Gasteiger partial charge in [-0.1, -0.05) is 92.0 Å². The molecule has 7 aromatic carbocycles. The van der Waals surface area contributed by atoms with Crippen molar-refractivity contribution in [3.63, 3.8) is 0 Å². The third-order valence-electron chi connectivity index (χ3n) is 11.3. The number of para-hydroxylation sites is 6. The number of nitrogens with zero attached hydrogens (tertiary/aromatic N) is 6. The van der Waals surface area contributed by atoms with Crippen molar-refractivity contribution < 1.29 is 4.42 Å². The van der Waals surface area contributed by atoms with Gasteiger partial charge in [0.2, 0.25) is 11.6 Å². The normalized spacial score (nSPS) is 12.0. The Morgan fingerprint density at radius 2 is 0.930 bits per heavy atom. The van der Waals surface area contributed by atoms with Gasteiger partial charge in [0.15, 0.2) is 0 Å². The fraction of sp³-hybridized carbons (Fsp3) is 0. The first-order valence-corrected chi connectivity index (χ1v) is 19.0. The van der Waals surface area contributed by atoms with Gasteiger partial charge in [-0.05, 0) is 102 Å². The molecule has 0 aliphatic heterocycles. The maximum absolute atomic E-state index is 6.44. The Morgan fingerprint density at radius 3 is 1.54 bits per heavy atom. The topological polar surface area (TPSA) is 57.6 Å². The fourth-order valence-electron chi connectivity index (χ4n) is 8.85. The van der Waals surface area contributed by atoms with Crippen LogP contribution in [0.25, 0.3) is 112 Å². The average molecular weight is 733 g/mol. The van der Waals surface area contributed by atoms with E-state index < -0.39 is 0 Å². The van der Waals surface area contributed by atoms with Crippen molar-refractivity contribution in [1.82, 2.24) is 27.9 Å². The Bertz CT molecular complexity index is 3540. The number of hydrogen-bond acceptors (Lipinski definition) is 3. The van der Waals surface area contributed by atoms with E-state index in [1.165, 1.54) is 21.8 Å². The maximum atomic E-state index is 6.44. The van der Waals surface area contributed by atoms with Gasteiger partial charge in [-0.2, -0.15) is 0 Å². The van der Waals surface area contributed by atoms with E-state index in [4.69, 9.17) is 14.4 Å². The Kier molecular flexibility index (Phi) is 6.51. The van der Waals surface area contributed by atoms with Gasteiger partial charge in [0.1, 0.15) is 11.2 Å². The zero-order chi connectivity index (χ0) is 37.8. The number of furan rings is 1. The van der Waals surface area contributed by atoms with Gasteiger partial charge < -0.3 is 8.98 Å². The van der Waals surface area contributed by atoms with Gasteiger partial charge in [-0.3, -0.25) is 8.80 Å². The molecule has 0 fully saturated rings. The Hall–Kier alpha value is -7.90. The number of hydrogen-bond donors (Lipinski definition) is 0. The minimum Gasteiger partial charge on any atom is -0.456 e. The monoisotopic (exact) mass is 732 g/mol. The van der Waals surface area contributed by atoms with Crippen molar-refractivity contribution >= 4 is 89.5 Å². The maximum Gasteiger partial charge on any atom is 0.223 e. The molecule has 0 radical (unpaired) electrons. The van der Waals surface area contributed by atoms with Crippen molar-refractivity contribution in [2.45, 2.75) is 0 Å². The van der Waals surface area contributed by atoms with E-state index in [1.807, 2.05) is 48.6 Å². The summed E-state index contributed by atoms with van der Waals surface area (Å²) in [5.41, 5.74) is 13.6. The lowest BCUT2D eigenvalue weighted by Gasteiger charge is -2.10. The summed E-state index contributed by atoms with van der Waals surface area (Å²) >= 11 is 0. The number of fused-ring (bicyclic) bond motifs is 12. The molecule has 5 heterocycles. The molecule has 0 bridgehead atoms. The molecule has 12 aromatic rings. The second-order valence-corrected chi connectivity index (χ2v) is 14.4. The van der Waals surface area contributed by atoms with E-state index in [1.54, 1.807) is 0 Å². The van der Waals surface area contributed by atoms with Crippen molar-refractivity contribution in [3.05, 3.63) is 182 Å². The van der Waals surface area contributed by atoms with Gasteiger partial charge in [0.05, 0.1) is 50.2 Å². The van der Waals surface area contributed by atoms with Crippen LogP contribution in [0, 0.1) is 0 Å². The summed E-state index contributed by atoms with van der Waals surface area (Å²) in [4.78, 5) is 10.5. The van der Waals surface area contributed by atoms with E-state index in [-0.39, 0.29) is 0 Å². The molecule has 5 aromatic heterocycles. The summed E-state index contributed by atoms with van der Waals surface area (Å²) in [7, 11) is 0. The average Bonchev–Trinajstić information content (AvgIpc) is 4.00. The summed E-state index contributed by atoms with van der Waals surface area (Å²) in [5.74, 6) is 1.43. The van der Waals surface area contributed by atoms with Crippen molar-refractivity contribution in [2.75, 3.05) is 0 Å². The predicted molar refractivity (Wildman–Crippen MR) is 234 cm³/mol. The second kappa shape index (κ2) is 11.8. The van der Waals surface area contributed by atoms with Crippen molar-refractivity contribution in [2.24, 2.45) is 0 Å². The highest BCUT2D eigenvalue weighted by Crippen LogP contribution is 2.38. The van der Waals surface area contributed by atoms with Crippen LogP contribution in [-0.2, 0) is 0 Å². The van der Waals surface area contributed by atoms with Crippen LogP contribution >= 0.6 is 0 Å². The third-order valence-corrected chi connectivity index (χ3v) is 11.3. The minimum atomic E-state index is 0.713. The van der Waals surface area contributed by atoms with Crippen LogP contribution in [-0.4, -0.2) is 27.9 Å². The van der Waals surface area contributed by atoms with Crippen LogP contribution < -0.4 is 0 Å². The van der Waals surface area contributed by atoms with Crippen LogP contribution in [0.3, 0.4) is 0 Å². The molecule has 268 valence electrons. The first-order valence-electron chi connectivity index (χ1n) is 19.0. The quantitative estimate of drug-likeness (QED) is 0.177. The second-order valence-electron chi connectivity index (χ2n) is 14.4. The Balaban J connectivity index is 1.09. The van der Waals surface area contributed by atoms with E-state index in [0.29, 0.717) is 11.6 Å². The molecule has 0 saturated carbocycles. The van der Waals surface area contributed by atoms with Gasteiger partial charge in [0, 0.05) is 27.2 Å². The summed E-state index contributed by atoms with van der Waals surface area (Å²) in [6, 6.07) is 55.1. The Labute approximate surface area is 325 Å². The molecule has 0 N–H and O–H groups in total. The zero-order valence-electron chi connectivity index (χ0n) is 30.7. The number of aromatic nitrogens is 6. The molecule has 0 aliphatic carbocycles. The van der Waals surface area contributed by atoms with Gasteiger partial charge >= 0.3 is 0 Å². The molecule has 57 heavy (non-hydrogen) atoms. The van der Waals surface area contributed by atoms with Crippen LogP contribution in [0.1, 0.15) is 11.4 Å². The molecular formula is C50H32N6O. The smallest absolute Gasteiger partial charge is 0.223 e. The molecule has 0 saturated heterocycles. The summed E-state index contributed by atoms with van der Waals surface area (Å²) in [6.45, 7) is 8.54. The first-order chi connectivity index (χ1) is 28.2. The Morgan fingerprint density at radius 1 is 0.421 bits per heavy atom. The SMILES string of the molecule is C=Cc1c(C=C)n2c3ccccc3nc2n(-c2cccc(-c3ccc4oc5ccc(-n6c7ccccc7c7ccccc76)cc5c4c3)c2)c2nc3ccccc3n12. The highest BCUT2D eigenvalue weighted by Gasteiger charge is 2.21. The number of benzene rings is 7. The third kappa shape index (κ3) is 4.42. The molecule has 0 unspecified atom stereocenters. The molecular weight excluding hydrogens is 701 g/mol. The summed E-state index contributed by atoms with van der Waals surface area (Å²) in [5, 5.41) is 4.60. The zero-order valence-corrected chi connectivity index (χ0v) is 30.7. The van der Waals surface area contributed by atoms with Crippen LogP contribution in [0.2, 0.25) is 0 Å². The predicted octanol–water partition coefficient (Wildman–Crippen LogP) is 12.6. The number of rotatable bonds is 5. The van der Waals surface area contributed by atoms with Crippen molar-refractivity contribution in [3.8, 4) is 22.5 Å². The van der Waals surface area contributed by atoms with Crippen LogP contribution in [0.15, 0.2) is 175 Å². The van der Waals surface area contributed by atoms with E-state index in [0.717, 1.165) is 77.9 Å². The van der Waals surface area contributed by atoms with Crippen LogP contribution in [0.5, 0.6) is 0 Å². The molecule has 0 amide bonds. The van der Waals surface area contributed by atoms with E-state index >= 15 is 0 Å². The largest absolute Gasteiger partial charge is 0.456 e. The van der Waals surface area contributed by atoms with Gasteiger partial charge in [-0.15, -0.1) is 0 Å². The minimum absolute atomic E-state index is 0.713. The number of imidazole rings is 2. The highest BCUT2D eigenvalue weighted by molar-refractivity contribution is 6.11. The summed E-state index contributed by atoms with van der Waals surface area (Å²) < 4.78 is 15.3. The summed E-state index contributed by atoms with van der Waals surface area (Å²) in [6.07, 6.45) is 3.76. The standard InChI is InChI=1S/C50H32N6O/c1-3-41-42(4-2)56-46-23-12-8-19-40(46)52-50(56)54(49-51-39-18-7-11-22-45(39)55(41)49)33-15-13-14-31(28-33)32-24-26-47-37(29-32)38-30-34(25-27-48(38)57-47)53-43-20-9-5-16-35(43)36-17-6-10-21-44(36)53/h3-30H,1-2H2. The molecule has 0 spiro atoms. The lowest BCUT2D eigenvalue weighted by atomic mass is 10.0. The van der Waals surface area contributed by atoms with E-state index in [2.05, 4.69) is 152 Å². The van der Waals surface area contributed by atoms with Crippen molar-refractivity contribution in [1.29, 1.82) is 0 Å².